The molecule has 0 radical (unpaired) electrons. The van der Waals surface area contributed by atoms with E-state index in [1.165, 1.54) is 11.1 Å². The first kappa shape index (κ1) is 16.0. The van der Waals surface area contributed by atoms with E-state index in [0.29, 0.717) is 12.3 Å². The van der Waals surface area contributed by atoms with Crippen LogP contribution in [0.3, 0.4) is 0 Å². The maximum absolute atomic E-state index is 12.7. The Hall–Kier alpha value is -2.49. The monoisotopic (exact) mass is 337 g/mol. The average molecular weight is 337 g/mol. The lowest BCUT2D eigenvalue weighted by Crippen LogP contribution is -2.41. The number of carbonyl (C=O) groups is 1. The summed E-state index contributed by atoms with van der Waals surface area (Å²) in [6, 6.07) is 14.3. The van der Waals surface area contributed by atoms with Crippen LogP contribution in [0, 0.1) is 0 Å². The van der Waals surface area contributed by atoms with Gasteiger partial charge in [0, 0.05) is 6.42 Å². The molecule has 4 heteroatoms. The molecule has 2 aromatic rings. The van der Waals surface area contributed by atoms with Crippen LogP contribution in [0.2, 0.25) is 0 Å². The molecule has 2 aromatic carbocycles. The predicted molar refractivity (Wildman–Crippen MR) is 95.9 cm³/mol. The van der Waals surface area contributed by atoms with Crippen molar-refractivity contribution in [1.29, 1.82) is 0 Å². The molecule has 130 valence electrons. The Labute approximate surface area is 148 Å². The summed E-state index contributed by atoms with van der Waals surface area (Å²) in [7, 11) is 0. The van der Waals surface area contributed by atoms with Crippen LogP contribution in [0.15, 0.2) is 42.5 Å². The van der Waals surface area contributed by atoms with Crippen LogP contribution in [-0.2, 0) is 16.8 Å². The van der Waals surface area contributed by atoms with Gasteiger partial charge in [0.25, 0.3) is 0 Å². The molecule has 0 saturated carbocycles. The summed E-state index contributed by atoms with van der Waals surface area (Å²) in [6.07, 6.45) is 2.65. The fourth-order valence-electron chi connectivity index (χ4n) is 3.84. The van der Waals surface area contributed by atoms with Crippen molar-refractivity contribution < 1.29 is 14.3 Å². The lowest BCUT2D eigenvalue weighted by Gasteiger charge is -2.28. The highest BCUT2D eigenvalue weighted by atomic mass is 16.7. The van der Waals surface area contributed by atoms with Gasteiger partial charge in [-0.3, -0.25) is 4.79 Å². The van der Waals surface area contributed by atoms with E-state index < -0.39 is 5.54 Å². The molecule has 0 spiro atoms. The third-order valence-electron chi connectivity index (χ3n) is 5.24. The second-order valence-electron chi connectivity index (χ2n) is 7.38. The van der Waals surface area contributed by atoms with E-state index in [-0.39, 0.29) is 12.7 Å². The van der Waals surface area contributed by atoms with Crippen LogP contribution < -0.4 is 14.8 Å². The van der Waals surface area contributed by atoms with Crippen molar-refractivity contribution in [2.75, 3.05) is 6.79 Å². The van der Waals surface area contributed by atoms with E-state index >= 15 is 0 Å². The zero-order valence-corrected chi connectivity index (χ0v) is 14.7. The van der Waals surface area contributed by atoms with E-state index in [9.17, 15) is 4.79 Å². The first-order valence-electron chi connectivity index (χ1n) is 8.82. The smallest absolute Gasteiger partial charge is 0.231 e. The minimum Gasteiger partial charge on any atom is -0.454 e. The average Bonchev–Trinajstić information content (AvgIpc) is 3.21. The summed E-state index contributed by atoms with van der Waals surface area (Å²) < 4.78 is 10.8. The second kappa shape index (κ2) is 6.10. The zero-order chi connectivity index (χ0) is 17.4. The van der Waals surface area contributed by atoms with Crippen molar-refractivity contribution in [2.45, 2.75) is 44.6 Å². The van der Waals surface area contributed by atoms with Gasteiger partial charge in [0.15, 0.2) is 11.5 Å². The minimum atomic E-state index is -0.462. The van der Waals surface area contributed by atoms with Crippen LogP contribution in [0.25, 0.3) is 0 Å². The highest BCUT2D eigenvalue weighted by Crippen LogP contribution is 2.37. The van der Waals surface area contributed by atoms with Crippen molar-refractivity contribution >= 4 is 5.91 Å². The van der Waals surface area contributed by atoms with Crippen molar-refractivity contribution in [3.8, 4) is 11.5 Å². The Balaban J connectivity index is 1.45. The van der Waals surface area contributed by atoms with Crippen LogP contribution in [0.1, 0.15) is 49.3 Å². The molecule has 1 unspecified atom stereocenters. The normalized spacial score (nSPS) is 18.1. The molecule has 4 rings (SSSR count). The number of carbonyl (C=O) groups excluding carboxylic acids is 1. The maximum atomic E-state index is 12.7. The Kier molecular flexibility index (Phi) is 3.91. The third-order valence-corrected chi connectivity index (χ3v) is 5.24. The summed E-state index contributed by atoms with van der Waals surface area (Å²) >= 11 is 0. The highest BCUT2D eigenvalue weighted by Gasteiger charge is 2.29. The van der Waals surface area contributed by atoms with Crippen molar-refractivity contribution in [1.82, 2.24) is 5.32 Å². The number of rotatable bonds is 4. The van der Waals surface area contributed by atoms with Gasteiger partial charge in [0.1, 0.15) is 0 Å². The molecule has 0 aromatic heterocycles. The van der Waals surface area contributed by atoms with Crippen LogP contribution >= 0.6 is 0 Å². The SMILES string of the molecule is CC(C)(NC(=O)CC1CCc2ccccc21)c1ccc2c(c1)OCO2. The van der Waals surface area contributed by atoms with Crippen molar-refractivity contribution in [3.63, 3.8) is 0 Å². The summed E-state index contributed by atoms with van der Waals surface area (Å²) in [5.41, 5.74) is 3.27. The lowest BCUT2D eigenvalue weighted by atomic mass is 9.92. The van der Waals surface area contributed by atoms with Gasteiger partial charge in [0.05, 0.1) is 5.54 Å². The standard InChI is InChI=1S/C21H23NO3/c1-21(2,16-9-10-18-19(12-16)25-13-24-18)22-20(23)11-15-8-7-14-5-3-4-6-17(14)15/h3-6,9-10,12,15H,7-8,11,13H2,1-2H3,(H,22,23). The number of benzene rings is 2. The van der Waals surface area contributed by atoms with Crippen molar-refractivity contribution in [2.24, 2.45) is 0 Å². The van der Waals surface area contributed by atoms with Gasteiger partial charge in [-0.05, 0) is 61.4 Å². The van der Waals surface area contributed by atoms with E-state index in [0.717, 1.165) is 29.9 Å². The number of nitrogens with one attached hydrogen (secondary N) is 1. The number of hydrogen-bond acceptors (Lipinski definition) is 3. The number of amides is 1. The Bertz CT molecular complexity index is 813. The number of aryl methyl sites for hydroxylation is 1. The summed E-state index contributed by atoms with van der Waals surface area (Å²) in [5.74, 6) is 1.91. The minimum absolute atomic E-state index is 0.0874. The van der Waals surface area contributed by atoms with Crippen LogP contribution in [-0.4, -0.2) is 12.7 Å². The molecule has 1 aliphatic heterocycles. The predicted octanol–water partition coefficient (Wildman–Crippen LogP) is 3.89. The molecular weight excluding hydrogens is 314 g/mol. The third kappa shape index (κ3) is 3.09. The molecule has 1 aliphatic carbocycles. The van der Waals surface area contributed by atoms with E-state index in [1.807, 2.05) is 32.0 Å². The Morgan fingerprint density at radius 3 is 2.84 bits per heavy atom. The van der Waals surface area contributed by atoms with E-state index in [4.69, 9.17) is 9.47 Å². The topological polar surface area (TPSA) is 47.6 Å². The highest BCUT2D eigenvalue weighted by molar-refractivity contribution is 5.78. The van der Waals surface area contributed by atoms with Gasteiger partial charge in [0.2, 0.25) is 12.7 Å². The molecule has 1 atom stereocenters. The van der Waals surface area contributed by atoms with Gasteiger partial charge >= 0.3 is 0 Å². The molecule has 2 aliphatic rings. The summed E-state index contributed by atoms with van der Waals surface area (Å²) in [6.45, 7) is 4.29. The molecule has 25 heavy (non-hydrogen) atoms. The van der Waals surface area contributed by atoms with Gasteiger partial charge in [-0.25, -0.2) is 0 Å². The summed E-state index contributed by atoms with van der Waals surface area (Å²) in [4.78, 5) is 12.7. The zero-order valence-electron chi connectivity index (χ0n) is 14.7. The molecule has 4 nitrogen and oxygen atoms in total. The summed E-state index contributed by atoms with van der Waals surface area (Å²) in [5, 5.41) is 3.19. The number of ether oxygens (including phenoxy) is 2. The van der Waals surface area contributed by atoms with Gasteiger partial charge in [-0.1, -0.05) is 30.3 Å². The first-order chi connectivity index (χ1) is 12.0. The molecule has 0 saturated heterocycles. The van der Waals surface area contributed by atoms with Gasteiger partial charge in [-0.2, -0.15) is 0 Å². The lowest BCUT2D eigenvalue weighted by molar-refractivity contribution is -0.123. The molecule has 0 bridgehead atoms. The molecule has 1 N–H and O–H groups in total. The fourth-order valence-corrected chi connectivity index (χ4v) is 3.84. The Morgan fingerprint density at radius 2 is 1.96 bits per heavy atom. The first-order valence-corrected chi connectivity index (χ1v) is 8.82. The second-order valence-corrected chi connectivity index (χ2v) is 7.38. The van der Waals surface area contributed by atoms with E-state index in [1.54, 1.807) is 0 Å². The molecule has 1 amide bonds. The molecular formula is C21H23NO3. The van der Waals surface area contributed by atoms with Crippen LogP contribution in [0.4, 0.5) is 0 Å². The van der Waals surface area contributed by atoms with E-state index in [2.05, 4.69) is 29.6 Å². The fraction of sp³-hybridized carbons (Fsp3) is 0.381. The van der Waals surface area contributed by atoms with Gasteiger partial charge in [-0.15, -0.1) is 0 Å². The van der Waals surface area contributed by atoms with Gasteiger partial charge < -0.3 is 14.8 Å². The largest absolute Gasteiger partial charge is 0.454 e. The molecule has 0 fully saturated rings. The number of hydrogen-bond donors (Lipinski definition) is 1. The maximum Gasteiger partial charge on any atom is 0.231 e. The molecule has 1 heterocycles. The van der Waals surface area contributed by atoms with Crippen molar-refractivity contribution in [3.05, 3.63) is 59.2 Å². The quantitative estimate of drug-likeness (QED) is 0.921. The number of fused-ring (bicyclic) bond motifs is 2. The van der Waals surface area contributed by atoms with Crippen LogP contribution in [0.5, 0.6) is 11.5 Å². The Morgan fingerprint density at radius 1 is 1.16 bits per heavy atom.